The first-order valence-electron chi connectivity index (χ1n) is 7.30. The molecule has 1 aliphatic carbocycles. The van der Waals surface area contributed by atoms with Crippen LogP contribution in [0.5, 0.6) is 0 Å². The summed E-state index contributed by atoms with van der Waals surface area (Å²) in [6.07, 6.45) is -2.16. The SMILES string of the molecule is CC1CN(C2(CN)CCCC(C(F)(F)F)C2)CC1C. The lowest BCUT2D eigenvalue weighted by atomic mass is 9.74. The maximum Gasteiger partial charge on any atom is 0.391 e. The monoisotopic (exact) mass is 278 g/mol. The van der Waals surface area contributed by atoms with Crippen molar-refractivity contribution in [2.24, 2.45) is 23.5 Å². The normalized spacial score (nSPS) is 41.7. The van der Waals surface area contributed by atoms with Crippen molar-refractivity contribution in [1.29, 1.82) is 0 Å². The molecule has 2 nitrogen and oxygen atoms in total. The highest BCUT2D eigenvalue weighted by molar-refractivity contribution is 5.01. The van der Waals surface area contributed by atoms with E-state index in [0.717, 1.165) is 19.5 Å². The molecule has 112 valence electrons. The fraction of sp³-hybridized carbons (Fsp3) is 1.00. The van der Waals surface area contributed by atoms with Crippen LogP contribution in [-0.2, 0) is 0 Å². The Morgan fingerprint density at radius 3 is 2.26 bits per heavy atom. The van der Waals surface area contributed by atoms with Gasteiger partial charge in [0.1, 0.15) is 0 Å². The number of nitrogens with two attached hydrogens (primary N) is 1. The predicted octanol–water partition coefficient (Wildman–Crippen LogP) is 3.02. The second kappa shape index (κ2) is 5.24. The van der Waals surface area contributed by atoms with Gasteiger partial charge in [-0.15, -0.1) is 0 Å². The number of likely N-dealkylation sites (tertiary alicyclic amines) is 1. The van der Waals surface area contributed by atoms with E-state index in [1.807, 2.05) is 0 Å². The molecule has 0 spiro atoms. The molecule has 2 N–H and O–H groups in total. The van der Waals surface area contributed by atoms with Gasteiger partial charge in [-0.3, -0.25) is 4.90 Å². The Bertz CT molecular complexity index is 308. The molecule has 0 amide bonds. The zero-order valence-electron chi connectivity index (χ0n) is 11.8. The molecule has 4 unspecified atom stereocenters. The number of rotatable bonds is 2. The van der Waals surface area contributed by atoms with E-state index >= 15 is 0 Å². The number of halogens is 3. The summed E-state index contributed by atoms with van der Waals surface area (Å²) in [5.74, 6) is -0.0691. The quantitative estimate of drug-likeness (QED) is 0.841. The minimum Gasteiger partial charge on any atom is -0.329 e. The fourth-order valence-electron chi connectivity index (χ4n) is 3.74. The van der Waals surface area contributed by atoms with Crippen molar-refractivity contribution < 1.29 is 13.2 Å². The molecular formula is C14H25F3N2. The summed E-state index contributed by atoms with van der Waals surface area (Å²) in [6.45, 7) is 6.49. The van der Waals surface area contributed by atoms with Gasteiger partial charge in [0.2, 0.25) is 0 Å². The van der Waals surface area contributed by atoms with E-state index in [9.17, 15) is 13.2 Å². The molecule has 0 radical (unpaired) electrons. The first-order chi connectivity index (χ1) is 8.78. The third-order valence-electron chi connectivity index (χ3n) is 5.32. The maximum absolute atomic E-state index is 13.0. The molecule has 2 aliphatic rings. The second-order valence-electron chi connectivity index (χ2n) is 6.62. The molecule has 2 fully saturated rings. The topological polar surface area (TPSA) is 29.3 Å². The average Bonchev–Trinajstić information content (AvgIpc) is 2.69. The average molecular weight is 278 g/mol. The van der Waals surface area contributed by atoms with E-state index in [-0.39, 0.29) is 12.8 Å². The van der Waals surface area contributed by atoms with Gasteiger partial charge in [-0.05, 0) is 31.1 Å². The third kappa shape index (κ3) is 2.92. The molecule has 0 aromatic heterocycles. The van der Waals surface area contributed by atoms with Gasteiger partial charge in [-0.25, -0.2) is 0 Å². The molecule has 4 atom stereocenters. The van der Waals surface area contributed by atoms with Crippen LogP contribution in [0.25, 0.3) is 0 Å². The van der Waals surface area contributed by atoms with Crippen molar-refractivity contribution in [3.05, 3.63) is 0 Å². The highest BCUT2D eigenvalue weighted by Crippen LogP contribution is 2.45. The van der Waals surface area contributed by atoms with Crippen LogP contribution in [0.1, 0.15) is 39.5 Å². The Labute approximate surface area is 113 Å². The maximum atomic E-state index is 13.0. The number of hydrogen-bond acceptors (Lipinski definition) is 2. The minimum absolute atomic E-state index is 0.187. The lowest BCUT2D eigenvalue weighted by Gasteiger charge is -2.47. The van der Waals surface area contributed by atoms with Crippen LogP contribution in [0.4, 0.5) is 13.2 Å². The van der Waals surface area contributed by atoms with Crippen molar-refractivity contribution in [1.82, 2.24) is 4.90 Å². The Kier molecular flexibility index (Phi) is 4.17. The molecule has 5 heteroatoms. The van der Waals surface area contributed by atoms with Gasteiger partial charge in [0.25, 0.3) is 0 Å². The van der Waals surface area contributed by atoms with E-state index in [1.165, 1.54) is 0 Å². The summed E-state index contributed by atoms with van der Waals surface area (Å²) in [6, 6.07) is 0. The van der Waals surface area contributed by atoms with Gasteiger partial charge in [0, 0.05) is 25.2 Å². The van der Waals surface area contributed by atoms with Crippen LogP contribution in [0.15, 0.2) is 0 Å². The fourth-order valence-corrected chi connectivity index (χ4v) is 3.74. The molecule has 1 heterocycles. The molecule has 1 saturated carbocycles. The molecule has 1 aliphatic heterocycles. The second-order valence-corrected chi connectivity index (χ2v) is 6.62. The third-order valence-corrected chi connectivity index (χ3v) is 5.32. The van der Waals surface area contributed by atoms with Gasteiger partial charge in [0.15, 0.2) is 0 Å². The first kappa shape index (κ1) is 15.1. The zero-order chi connectivity index (χ0) is 14.3. The van der Waals surface area contributed by atoms with Gasteiger partial charge >= 0.3 is 6.18 Å². The highest BCUT2D eigenvalue weighted by atomic mass is 19.4. The molecule has 0 bridgehead atoms. The van der Waals surface area contributed by atoms with Gasteiger partial charge in [-0.2, -0.15) is 13.2 Å². The van der Waals surface area contributed by atoms with Crippen molar-refractivity contribution in [2.45, 2.75) is 51.2 Å². The number of alkyl halides is 3. The van der Waals surface area contributed by atoms with Crippen LogP contribution in [0.3, 0.4) is 0 Å². The number of hydrogen-bond donors (Lipinski definition) is 1. The molecule has 0 aromatic carbocycles. The van der Waals surface area contributed by atoms with Gasteiger partial charge < -0.3 is 5.73 Å². The minimum atomic E-state index is -4.07. The van der Waals surface area contributed by atoms with E-state index in [0.29, 0.717) is 24.8 Å². The summed E-state index contributed by atoms with van der Waals surface area (Å²) in [5.41, 5.74) is 5.49. The van der Waals surface area contributed by atoms with Gasteiger partial charge in [0.05, 0.1) is 5.92 Å². The lowest BCUT2D eigenvalue weighted by molar-refractivity contribution is -0.193. The van der Waals surface area contributed by atoms with Crippen molar-refractivity contribution in [3.63, 3.8) is 0 Å². The van der Waals surface area contributed by atoms with Crippen LogP contribution in [0.2, 0.25) is 0 Å². The summed E-state index contributed by atoms with van der Waals surface area (Å²) in [7, 11) is 0. The molecule has 19 heavy (non-hydrogen) atoms. The zero-order valence-corrected chi connectivity index (χ0v) is 11.8. The van der Waals surface area contributed by atoms with Gasteiger partial charge in [-0.1, -0.05) is 20.3 Å². The summed E-state index contributed by atoms with van der Waals surface area (Å²) in [5, 5.41) is 0. The van der Waals surface area contributed by atoms with E-state index in [1.54, 1.807) is 0 Å². The van der Waals surface area contributed by atoms with Crippen LogP contribution in [0, 0.1) is 17.8 Å². The van der Waals surface area contributed by atoms with E-state index in [4.69, 9.17) is 5.73 Å². The molecule has 2 rings (SSSR count). The summed E-state index contributed by atoms with van der Waals surface area (Å²) in [4.78, 5) is 2.25. The van der Waals surface area contributed by atoms with E-state index in [2.05, 4.69) is 18.7 Å². The molecule has 0 aromatic rings. The predicted molar refractivity (Wildman–Crippen MR) is 69.7 cm³/mol. The smallest absolute Gasteiger partial charge is 0.329 e. The van der Waals surface area contributed by atoms with E-state index < -0.39 is 17.6 Å². The van der Waals surface area contributed by atoms with Crippen LogP contribution < -0.4 is 5.73 Å². The van der Waals surface area contributed by atoms with Crippen LogP contribution in [-0.4, -0.2) is 36.2 Å². The largest absolute Gasteiger partial charge is 0.391 e. The Hall–Kier alpha value is -0.290. The molecular weight excluding hydrogens is 253 g/mol. The first-order valence-corrected chi connectivity index (χ1v) is 7.30. The standard InChI is InChI=1S/C14H25F3N2/c1-10-7-19(8-11(10)2)13(9-18)5-3-4-12(6-13)14(15,16)17/h10-12H,3-9,18H2,1-2H3. The lowest BCUT2D eigenvalue weighted by Crippen LogP contribution is -2.57. The van der Waals surface area contributed by atoms with Crippen molar-refractivity contribution in [3.8, 4) is 0 Å². The summed E-state index contributed by atoms with van der Waals surface area (Å²) < 4.78 is 39.0. The molecule has 1 saturated heterocycles. The van der Waals surface area contributed by atoms with Crippen LogP contribution >= 0.6 is 0 Å². The Morgan fingerprint density at radius 1 is 1.21 bits per heavy atom. The Balaban J connectivity index is 2.14. The highest BCUT2D eigenvalue weighted by Gasteiger charge is 2.50. The summed E-state index contributed by atoms with van der Waals surface area (Å²) >= 11 is 0. The Morgan fingerprint density at radius 2 is 1.79 bits per heavy atom. The number of nitrogens with zero attached hydrogens (tertiary/aromatic N) is 1. The van der Waals surface area contributed by atoms with Crippen molar-refractivity contribution >= 4 is 0 Å². The van der Waals surface area contributed by atoms with Crippen molar-refractivity contribution in [2.75, 3.05) is 19.6 Å².